The molecule has 0 unspecified atom stereocenters. The monoisotopic (exact) mass is 142 g/mol. The summed E-state index contributed by atoms with van der Waals surface area (Å²) in [6, 6.07) is 10.9. The third-order valence-electron chi connectivity index (χ3n) is 1.80. The van der Waals surface area contributed by atoms with Gasteiger partial charge in [-0.05, 0) is 36.8 Å². The highest BCUT2D eigenvalue weighted by Gasteiger charge is 1.93. The molecule has 0 saturated heterocycles. The molecule has 2 aromatic rings. The molecule has 0 N–H and O–H groups in total. The minimum atomic E-state index is 1.05. The van der Waals surface area contributed by atoms with Crippen LogP contribution in [0, 0.1) is 13.0 Å². The molecule has 1 heterocycles. The summed E-state index contributed by atoms with van der Waals surface area (Å²) in [5, 5.41) is 1.19. The molecule has 0 aliphatic heterocycles. The van der Waals surface area contributed by atoms with Gasteiger partial charge < -0.3 is 0 Å². The van der Waals surface area contributed by atoms with Crippen molar-refractivity contribution < 1.29 is 0 Å². The Balaban J connectivity index is 2.91. The Hall–Kier alpha value is -1.37. The van der Waals surface area contributed by atoms with Crippen molar-refractivity contribution in [3.8, 4) is 0 Å². The maximum absolute atomic E-state index is 4.22. The van der Waals surface area contributed by atoms with Crippen molar-refractivity contribution >= 4 is 10.9 Å². The predicted octanol–water partition coefficient (Wildman–Crippen LogP) is 2.34. The first kappa shape index (κ1) is 6.35. The van der Waals surface area contributed by atoms with E-state index in [0.717, 1.165) is 5.52 Å². The molecule has 0 aliphatic rings. The first-order valence-electron chi connectivity index (χ1n) is 3.59. The van der Waals surface area contributed by atoms with Gasteiger partial charge >= 0.3 is 0 Å². The molecule has 0 spiro atoms. The topological polar surface area (TPSA) is 12.9 Å². The van der Waals surface area contributed by atoms with Crippen molar-refractivity contribution in [3.05, 3.63) is 42.1 Å². The van der Waals surface area contributed by atoms with Gasteiger partial charge in [0.2, 0.25) is 0 Å². The SMILES string of the molecule is Cc1ccnc2cc[c]cc12. The van der Waals surface area contributed by atoms with E-state index in [4.69, 9.17) is 0 Å². The van der Waals surface area contributed by atoms with E-state index in [2.05, 4.69) is 18.0 Å². The molecule has 1 nitrogen and oxygen atoms in total. The zero-order valence-electron chi connectivity index (χ0n) is 6.33. The molecule has 1 aromatic heterocycles. The van der Waals surface area contributed by atoms with E-state index in [0.29, 0.717) is 0 Å². The van der Waals surface area contributed by atoms with E-state index in [1.807, 2.05) is 30.5 Å². The Bertz CT molecular complexity index is 374. The van der Waals surface area contributed by atoms with Gasteiger partial charge in [-0.25, -0.2) is 0 Å². The van der Waals surface area contributed by atoms with Gasteiger partial charge in [-0.1, -0.05) is 6.07 Å². The minimum absolute atomic E-state index is 1.05. The van der Waals surface area contributed by atoms with Crippen LogP contribution in [-0.4, -0.2) is 4.98 Å². The lowest BCUT2D eigenvalue weighted by Crippen LogP contribution is -1.80. The Morgan fingerprint density at radius 1 is 1.36 bits per heavy atom. The van der Waals surface area contributed by atoms with Crippen molar-refractivity contribution in [3.63, 3.8) is 0 Å². The zero-order chi connectivity index (χ0) is 7.68. The van der Waals surface area contributed by atoms with Crippen molar-refractivity contribution in [2.24, 2.45) is 0 Å². The highest BCUT2D eigenvalue weighted by atomic mass is 14.6. The van der Waals surface area contributed by atoms with Gasteiger partial charge in [0.15, 0.2) is 0 Å². The maximum Gasteiger partial charge on any atom is 0.0705 e. The summed E-state index contributed by atoms with van der Waals surface area (Å²) >= 11 is 0. The number of hydrogen-bond acceptors (Lipinski definition) is 1. The Morgan fingerprint density at radius 2 is 2.27 bits per heavy atom. The predicted molar refractivity (Wildman–Crippen MR) is 45.3 cm³/mol. The van der Waals surface area contributed by atoms with E-state index in [1.165, 1.54) is 10.9 Å². The lowest BCUT2D eigenvalue weighted by molar-refractivity contribution is 1.37. The quantitative estimate of drug-likeness (QED) is 0.550. The lowest BCUT2D eigenvalue weighted by Gasteiger charge is -1.97. The van der Waals surface area contributed by atoms with Crippen molar-refractivity contribution in [2.45, 2.75) is 6.92 Å². The normalized spacial score (nSPS) is 10.3. The van der Waals surface area contributed by atoms with Crippen LogP contribution in [-0.2, 0) is 0 Å². The number of aromatic nitrogens is 1. The highest BCUT2D eigenvalue weighted by molar-refractivity contribution is 5.81. The summed E-state index contributed by atoms with van der Waals surface area (Å²) in [6.45, 7) is 2.08. The summed E-state index contributed by atoms with van der Waals surface area (Å²) in [5.41, 5.74) is 2.30. The standard InChI is InChI=1S/C10H8N/c1-8-6-7-11-10-5-3-2-4-9(8)10/h3-7H,1H3. The fourth-order valence-corrected chi connectivity index (χ4v) is 1.17. The second-order valence-electron chi connectivity index (χ2n) is 2.57. The molecule has 1 radical (unpaired) electrons. The van der Waals surface area contributed by atoms with Crippen LogP contribution < -0.4 is 0 Å². The van der Waals surface area contributed by atoms with Crippen LogP contribution in [0.25, 0.3) is 10.9 Å². The van der Waals surface area contributed by atoms with Crippen LogP contribution in [0.3, 0.4) is 0 Å². The van der Waals surface area contributed by atoms with Crippen LogP contribution in [0.15, 0.2) is 30.5 Å². The first-order chi connectivity index (χ1) is 5.38. The number of benzene rings is 1. The molecule has 0 aliphatic carbocycles. The summed E-state index contributed by atoms with van der Waals surface area (Å²) in [5.74, 6) is 0. The minimum Gasteiger partial charge on any atom is -0.256 e. The van der Waals surface area contributed by atoms with Gasteiger partial charge in [-0.3, -0.25) is 4.98 Å². The Morgan fingerprint density at radius 3 is 3.09 bits per heavy atom. The van der Waals surface area contributed by atoms with Gasteiger partial charge in [0.1, 0.15) is 0 Å². The van der Waals surface area contributed by atoms with E-state index in [1.54, 1.807) is 0 Å². The zero-order valence-corrected chi connectivity index (χ0v) is 6.33. The third-order valence-corrected chi connectivity index (χ3v) is 1.80. The summed E-state index contributed by atoms with van der Waals surface area (Å²) in [7, 11) is 0. The van der Waals surface area contributed by atoms with Gasteiger partial charge in [0.05, 0.1) is 5.52 Å². The fourth-order valence-electron chi connectivity index (χ4n) is 1.17. The Kier molecular flexibility index (Phi) is 1.35. The molecule has 0 atom stereocenters. The smallest absolute Gasteiger partial charge is 0.0705 e. The van der Waals surface area contributed by atoms with Crippen LogP contribution in [0.2, 0.25) is 0 Å². The number of hydrogen-bond donors (Lipinski definition) is 0. The number of nitrogens with zero attached hydrogens (tertiary/aromatic N) is 1. The highest BCUT2D eigenvalue weighted by Crippen LogP contribution is 2.13. The first-order valence-corrected chi connectivity index (χ1v) is 3.59. The van der Waals surface area contributed by atoms with Crippen LogP contribution >= 0.6 is 0 Å². The van der Waals surface area contributed by atoms with Gasteiger partial charge in [0.25, 0.3) is 0 Å². The lowest BCUT2D eigenvalue weighted by atomic mass is 10.1. The van der Waals surface area contributed by atoms with Gasteiger partial charge in [0, 0.05) is 11.6 Å². The van der Waals surface area contributed by atoms with Crippen LogP contribution in [0.1, 0.15) is 5.56 Å². The molecular weight excluding hydrogens is 134 g/mol. The maximum atomic E-state index is 4.22. The van der Waals surface area contributed by atoms with Gasteiger partial charge in [-0.2, -0.15) is 0 Å². The molecule has 1 aromatic carbocycles. The largest absolute Gasteiger partial charge is 0.256 e. The number of pyridine rings is 1. The molecular formula is C10H8N. The summed E-state index contributed by atoms with van der Waals surface area (Å²) in [4.78, 5) is 4.22. The van der Waals surface area contributed by atoms with Crippen molar-refractivity contribution in [1.82, 2.24) is 4.98 Å². The molecule has 0 amide bonds. The van der Waals surface area contributed by atoms with Crippen LogP contribution in [0.5, 0.6) is 0 Å². The van der Waals surface area contributed by atoms with E-state index in [9.17, 15) is 0 Å². The van der Waals surface area contributed by atoms with E-state index < -0.39 is 0 Å². The summed E-state index contributed by atoms with van der Waals surface area (Å²) < 4.78 is 0. The second-order valence-corrected chi connectivity index (χ2v) is 2.57. The molecule has 53 valence electrons. The number of fused-ring (bicyclic) bond motifs is 1. The molecule has 0 saturated carbocycles. The molecule has 11 heavy (non-hydrogen) atoms. The fraction of sp³-hybridized carbons (Fsp3) is 0.100. The van der Waals surface area contributed by atoms with Crippen LogP contribution in [0.4, 0.5) is 0 Å². The molecule has 2 rings (SSSR count). The number of aryl methyl sites for hydroxylation is 1. The van der Waals surface area contributed by atoms with Crippen molar-refractivity contribution in [2.75, 3.05) is 0 Å². The third kappa shape index (κ3) is 0.984. The molecule has 1 heteroatoms. The second kappa shape index (κ2) is 2.35. The molecule has 0 fully saturated rings. The van der Waals surface area contributed by atoms with Gasteiger partial charge in [-0.15, -0.1) is 0 Å². The number of rotatable bonds is 0. The summed E-state index contributed by atoms with van der Waals surface area (Å²) in [6.07, 6.45) is 1.83. The molecule has 0 bridgehead atoms. The average molecular weight is 142 g/mol. The Labute approximate surface area is 65.7 Å². The average Bonchev–Trinajstić information content (AvgIpc) is 2.06. The van der Waals surface area contributed by atoms with E-state index in [-0.39, 0.29) is 0 Å². The van der Waals surface area contributed by atoms with E-state index >= 15 is 0 Å². The van der Waals surface area contributed by atoms with Crippen molar-refractivity contribution in [1.29, 1.82) is 0 Å².